The van der Waals surface area contributed by atoms with Gasteiger partial charge in [-0.25, -0.2) is 4.79 Å². The van der Waals surface area contributed by atoms with Gasteiger partial charge in [0.15, 0.2) is 6.10 Å². The lowest BCUT2D eigenvalue weighted by Gasteiger charge is -2.28. The average Bonchev–Trinajstić information content (AvgIpc) is 2.57. The molecule has 3 atom stereocenters. The van der Waals surface area contributed by atoms with Gasteiger partial charge in [0, 0.05) is 12.8 Å². The maximum Gasteiger partial charge on any atom is 0.416 e. The van der Waals surface area contributed by atoms with Crippen LogP contribution in [0.3, 0.4) is 0 Å². The Bertz CT molecular complexity index is 687. The summed E-state index contributed by atoms with van der Waals surface area (Å²) in [6, 6.07) is 2.00. The normalized spacial score (nSPS) is 20.3. The standard InChI is InChI=1S/C17H18F3NO5/c18-17(19,20)11-6-4-9(5-7-11)14(23)15(24)21-13(16(25)26)10-2-1-3-12(22)8-10/h4-7,10,13-14,23H,1-3,8H2,(H,21,24)(H,25,26)/t10-,13+,14-/m1/s1. The fraction of sp³-hybridized carbons (Fsp3) is 0.471. The Hall–Kier alpha value is -2.42. The van der Waals surface area contributed by atoms with E-state index in [1.165, 1.54) is 0 Å². The van der Waals surface area contributed by atoms with Crippen molar-refractivity contribution in [1.29, 1.82) is 0 Å². The zero-order chi connectivity index (χ0) is 19.5. The molecule has 142 valence electrons. The first-order chi connectivity index (χ1) is 12.1. The summed E-state index contributed by atoms with van der Waals surface area (Å²) in [4.78, 5) is 35.1. The minimum atomic E-state index is -4.55. The van der Waals surface area contributed by atoms with E-state index in [1.807, 2.05) is 0 Å². The number of Topliss-reactive ketones (excluding diaryl/α,β-unsaturated/α-hetero) is 1. The van der Waals surface area contributed by atoms with Gasteiger partial charge in [0.1, 0.15) is 11.8 Å². The van der Waals surface area contributed by atoms with Crippen LogP contribution < -0.4 is 5.32 Å². The first-order valence-corrected chi connectivity index (χ1v) is 7.99. The van der Waals surface area contributed by atoms with E-state index in [4.69, 9.17) is 0 Å². The monoisotopic (exact) mass is 373 g/mol. The minimum absolute atomic E-state index is 0.0214. The largest absolute Gasteiger partial charge is 0.480 e. The number of nitrogens with one attached hydrogen (secondary N) is 1. The summed E-state index contributed by atoms with van der Waals surface area (Å²) in [5.41, 5.74) is -1.03. The molecule has 0 radical (unpaired) electrons. The topological polar surface area (TPSA) is 104 Å². The Morgan fingerprint density at radius 2 is 1.81 bits per heavy atom. The molecule has 0 saturated heterocycles. The van der Waals surface area contributed by atoms with Crippen molar-refractivity contribution in [3.05, 3.63) is 35.4 Å². The lowest BCUT2D eigenvalue weighted by atomic mass is 9.83. The third kappa shape index (κ3) is 4.81. The molecule has 3 N–H and O–H groups in total. The fourth-order valence-corrected chi connectivity index (χ4v) is 2.96. The number of hydrogen-bond donors (Lipinski definition) is 3. The molecule has 0 bridgehead atoms. The van der Waals surface area contributed by atoms with Crippen molar-refractivity contribution >= 4 is 17.7 Å². The number of amides is 1. The zero-order valence-electron chi connectivity index (χ0n) is 13.6. The number of rotatable bonds is 5. The zero-order valence-corrected chi connectivity index (χ0v) is 13.6. The number of hydrogen-bond acceptors (Lipinski definition) is 4. The van der Waals surface area contributed by atoms with Crippen molar-refractivity contribution < 1.29 is 37.8 Å². The molecule has 1 fully saturated rings. The number of carbonyl (C=O) groups is 3. The van der Waals surface area contributed by atoms with Crippen LogP contribution in [0.25, 0.3) is 0 Å². The highest BCUT2D eigenvalue weighted by molar-refractivity contribution is 5.88. The van der Waals surface area contributed by atoms with Crippen LogP contribution in [0.5, 0.6) is 0 Å². The summed E-state index contributed by atoms with van der Waals surface area (Å²) in [5.74, 6) is -3.06. The van der Waals surface area contributed by atoms with E-state index >= 15 is 0 Å². The Balaban J connectivity index is 2.08. The molecule has 0 aliphatic heterocycles. The van der Waals surface area contributed by atoms with Gasteiger partial charge in [-0.2, -0.15) is 13.2 Å². The summed E-state index contributed by atoms with van der Waals surface area (Å²) in [5, 5.41) is 21.5. The van der Waals surface area contributed by atoms with Crippen LogP contribution in [-0.4, -0.2) is 33.9 Å². The van der Waals surface area contributed by atoms with Gasteiger partial charge in [-0.1, -0.05) is 12.1 Å². The maximum absolute atomic E-state index is 12.5. The molecule has 1 aromatic rings. The van der Waals surface area contributed by atoms with Crippen molar-refractivity contribution in [2.45, 2.75) is 44.0 Å². The number of alkyl halides is 3. The Morgan fingerprint density at radius 1 is 1.19 bits per heavy atom. The summed E-state index contributed by atoms with van der Waals surface area (Å²) in [7, 11) is 0. The van der Waals surface area contributed by atoms with E-state index in [9.17, 15) is 37.8 Å². The predicted molar refractivity (Wildman–Crippen MR) is 82.9 cm³/mol. The number of carboxylic acids is 1. The number of aliphatic carboxylic acids is 1. The second kappa shape index (κ2) is 7.86. The molecule has 1 aromatic carbocycles. The van der Waals surface area contributed by atoms with Crippen molar-refractivity contribution in [3.8, 4) is 0 Å². The summed E-state index contributed by atoms with van der Waals surface area (Å²) in [6.45, 7) is 0. The molecule has 1 aliphatic rings. The van der Waals surface area contributed by atoms with Gasteiger partial charge >= 0.3 is 12.1 Å². The fourth-order valence-electron chi connectivity index (χ4n) is 2.96. The van der Waals surface area contributed by atoms with Crippen LogP contribution in [0.15, 0.2) is 24.3 Å². The van der Waals surface area contributed by atoms with Crippen LogP contribution in [0.2, 0.25) is 0 Å². The summed E-state index contributed by atoms with van der Waals surface area (Å²) in [6.07, 6.45) is -5.02. The third-order valence-corrected chi connectivity index (χ3v) is 4.36. The van der Waals surface area contributed by atoms with E-state index in [1.54, 1.807) is 0 Å². The second-order valence-corrected chi connectivity index (χ2v) is 6.24. The van der Waals surface area contributed by atoms with E-state index in [-0.39, 0.29) is 17.8 Å². The highest BCUT2D eigenvalue weighted by Crippen LogP contribution is 2.30. The number of halogens is 3. The smallest absolute Gasteiger partial charge is 0.416 e. The average molecular weight is 373 g/mol. The molecular weight excluding hydrogens is 355 g/mol. The molecule has 0 heterocycles. The van der Waals surface area contributed by atoms with Crippen LogP contribution >= 0.6 is 0 Å². The van der Waals surface area contributed by atoms with E-state index in [0.29, 0.717) is 19.3 Å². The molecule has 6 nitrogen and oxygen atoms in total. The number of aliphatic hydroxyl groups is 1. The van der Waals surface area contributed by atoms with Crippen molar-refractivity contribution in [2.24, 2.45) is 5.92 Å². The number of carboxylic acid groups (broad SMARTS) is 1. The SMILES string of the molecule is O=C1CCC[C@@H]([C@H](NC(=O)[C@H](O)c2ccc(C(F)(F)F)cc2)C(=O)O)C1. The van der Waals surface area contributed by atoms with Gasteiger partial charge in [0.05, 0.1) is 5.56 Å². The van der Waals surface area contributed by atoms with Crippen molar-refractivity contribution in [3.63, 3.8) is 0 Å². The van der Waals surface area contributed by atoms with E-state index in [2.05, 4.69) is 5.32 Å². The maximum atomic E-state index is 12.5. The summed E-state index contributed by atoms with van der Waals surface area (Å²) < 4.78 is 37.6. The molecule has 26 heavy (non-hydrogen) atoms. The number of ketones is 1. The number of carbonyl (C=O) groups excluding carboxylic acids is 2. The molecule has 2 rings (SSSR count). The van der Waals surface area contributed by atoms with Crippen LogP contribution in [0.4, 0.5) is 13.2 Å². The first-order valence-electron chi connectivity index (χ1n) is 7.99. The molecule has 0 unspecified atom stereocenters. The molecule has 0 aromatic heterocycles. The Labute approximate surface area is 147 Å². The van der Waals surface area contributed by atoms with Gasteiger partial charge in [0.2, 0.25) is 0 Å². The Kier molecular flexibility index (Phi) is 6.01. The van der Waals surface area contributed by atoms with Gasteiger partial charge in [-0.3, -0.25) is 9.59 Å². The van der Waals surface area contributed by atoms with Gasteiger partial charge < -0.3 is 15.5 Å². The number of benzene rings is 1. The lowest BCUT2D eigenvalue weighted by Crippen LogP contribution is -2.48. The van der Waals surface area contributed by atoms with Gasteiger partial charge in [-0.05, 0) is 36.5 Å². The van der Waals surface area contributed by atoms with E-state index in [0.717, 1.165) is 24.3 Å². The molecule has 9 heteroatoms. The molecule has 1 amide bonds. The first kappa shape index (κ1) is 19.9. The Morgan fingerprint density at radius 3 is 2.31 bits per heavy atom. The van der Waals surface area contributed by atoms with Crippen molar-refractivity contribution in [2.75, 3.05) is 0 Å². The molecular formula is C17H18F3NO5. The second-order valence-electron chi connectivity index (χ2n) is 6.24. The molecule has 0 spiro atoms. The highest BCUT2D eigenvalue weighted by atomic mass is 19.4. The highest BCUT2D eigenvalue weighted by Gasteiger charge is 2.35. The minimum Gasteiger partial charge on any atom is -0.480 e. The number of aliphatic hydroxyl groups excluding tert-OH is 1. The van der Waals surface area contributed by atoms with Crippen LogP contribution in [0, 0.1) is 5.92 Å². The summed E-state index contributed by atoms with van der Waals surface area (Å²) >= 11 is 0. The predicted octanol–water partition coefficient (Wildman–Crippen LogP) is 2.07. The van der Waals surface area contributed by atoms with E-state index < -0.39 is 41.7 Å². The van der Waals surface area contributed by atoms with Gasteiger partial charge in [-0.15, -0.1) is 0 Å². The quantitative estimate of drug-likeness (QED) is 0.733. The van der Waals surface area contributed by atoms with Gasteiger partial charge in [0.25, 0.3) is 5.91 Å². The lowest BCUT2D eigenvalue weighted by molar-refractivity contribution is -0.146. The van der Waals surface area contributed by atoms with Crippen LogP contribution in [-0.2, 0) is 20.6 Å². The third-order valence-electron chi connectivity index (χ3n) is 4.36. The molecule has 1 saturated carbocycles. The van der Waals surface area contributed by atoms with Crippen LogP contribution in [0.1, 0.15) is 42.9 Å². The molecule has 1 aliphatic carbocycles. The van der Waals surface area contributed by atoms with Crippen molar-refractivity contribution in [1.82, 2.24) is 5.32 Å².